The van der Waals surface area contributed by atoms with Crippen molar-refractivity contribution in [2.45, 2.75) is 26.4 Å². The van der Waals surface area contributed by atoms with Crippen LogP contribution in [0, 0.1) is 0 Å². The Morgan fingerprint density at radius 1 is 1.42 bits per heavy atom. The second kappa shape index (κ2) is 5.89. The Morgan fingerprint density at radius 2 is 2.16 bits per heavy atom. The van der Waals surface area contributed by atoms with Gasteiger partial charge in [0.05, 0.1) is 22.3 Å². The standard InChI is InChI=1S/C14H16ClN3O/c1-3-18-9-8-13(17-18)10(2)16-14(19)11-6-4-5-7-12(11)15/h4-10H,3H2,1-2H3,(H,16,19). The molecular formula is C14H16ClN3O. The predicted molar refractivity (Wildman–Crippen MR) is 75.2 cm³/mol. The van der Waals surface area contributed by atoms with Crippen LogP contribution in [0.4, 0.5) is 0 Å². The van der Waals surface area contributed by atoms with Gasteiger partial charge in [-0.2, -0.15) is 5.10 Å². The molecule has 19 heavy (non-hydrogen) atoms. The number of amides is 1. The molecule has 0 saturated heterocycles. The fourth-order valence-corrected chi connectivity index (χ4v) is 2.00. The van der Waals surface area contributed by atoms with Crippen LogP contribution in [0.1, 0.15) is 35.9 Å². The molecule has 1 amide bonds. The minimum atomic E-state index is -0.191. The molecule has 0 aliphatic heterocycles. The Bertz CT molecular complexity index is 580. The van der Waals surface area contributed by atoms with Gasteiger partial charge in [0.2, 0.25) is 0 Å². The van der Waals surface area contributed by atoms with Crippen LogP contribution in [0.5, 0.6) is 0 Å². The van der Waals surface area contributed by atoms with Gasteiger partial charge in [0.1, 0.15) is 0 Å². The van der Waals surface area contributed by atoms with Crippen LogP contribution in [0.25, 0.3) is 0 Å². The zero-order valence-electron chi connectivity index (χ0n) is 10.9. The quantitative estimate of drug-likeness (QED) is 0.934. The minimum absolute atomic E-state index is 0.156. The van der Waals surface area contributed by atoms with Gasteiger partial charge >= 0.3 is 0 Å². The Labute approximate surface area is 117 Å². The number of aromatic nitrogens is 2. The zero-order chi connectivity index (χ0) is 13.8. The number of nitrogens with one attached hydrogen (secondary N) is 1. The average molecular weight is 278 g/mol. The van der Waals surface area contributed by atoms with Crippen molar-refractivity contribution >= 4 is 17.5 Å². The second-order valence-electron chi connectivity index (χ2n) is 4.27. The molecule has 4 nitrogen and oxygen atoms in total. The lowest BCUT2D eigenvalue weighted by atomic mass is 10.2. The summed E-state index contributed by atoms with van der Waals surface area (Å²) in [5.41, 5.74) is 1.31. The van der Waals surface area contributed by atoms with E-state index in [2.05, 4.69) is 10.4 Å². The Balaban J connectivity index is 2.08. The topological polar surface area (TPSA) is 46.9 Å². The van der Waals surface area contributed by atoms with E-state index < -0.39 is 0 Å². The second-order valence-corrected chi connectivity index (χ2v) is 4.68. The highest BCUT2D eigenvalue weighted by atomic mass is 35.5. The Hall–Kier alpha value is -1.81. The molecule has 0 spiro atoms. The Kier molecular flexibility index (Phi) is 4.22. The summed E-state index contributed by atoms with van der Waals surface area (Å²) >= 11 is 5.99. The Morgan fingerprint density at radius 3 is 2.79 bits per heavy atom. The van der Waals surface area contributed by atoms with E-state index in [4.69, 9.17) is 11.6 Å². The van der Waals surface area contributed by atoms with Crippen molar-refractivity contribution in [2.75, 3.05) is 0 Å². The molecule has 2 aromatic rings. The van der Waals surface area contributed by atoms with E-state index in [9.17, 15) is 4.79 Å². The maximum absolute atomic E-state index is 12.1. The first-order valence-electron chi connectivity index (χ1n) is 6.20. The van der Waals surface area contributed by atoms with E-state index in [-0.39, 0.29) is 11.9 Å². The third kappa shape index (κ3) is 3.15. The van der Waals surface area contributed by atoms with Gasteiger partial charge in [-0.05, 0) is 32.0 Å². The summed E-state index contributed by atoms with van der Waals surface area (Å²) in [5.74, 6) is -0.191. The molecule has 1 aromatic heterocycles. The third-order valence-corrected chi connectivity index (χ3v) is 3.22. The summed E-state index contributed by atoms with van der Waals surface area (Å²) in [7, 11) is 0. The molecule has 0 aliphatic rings. The van der Waals surface area contributed by atoms with E-state index >= 15 is 0 Å². The van der Waals surface area contributed by atoms with Crippen molar-refractivity contribution in [3.05, 3.63) is 52.8 Å². The van der Waals surface area contributed by atoms with Crippen LogP contribution >= 0.6 is 11.6 Å². The van der Waals surface area contributed by atoms with Gasteiger partial charge in [-0.25, -0.2) is 0 Å². The average Bonchev–Trinajstić information content (AvgIpc) is 2.88. The SMILES string of the molecule is CCn1ccc(C(C)NC(=O)c2ccccc2Cl)n1. The van der Waals surface area contributed by atoms with Crippen molar-refractivity contribution in [2.24, 2.45) is 0 Å². The highest BCUT2D eigenvalue weighted by Gasteiger charge is 2.15. The number of carbonyl (C=O) groups is 1. The van der Waals surface area contributed by atoms with Gasteiger partial charge in [0, 0.05) is 12.7 Å². The number of carbonyl (C=O) groups excluding carboxylic acids is 1. The van der Waals surface area contributed by atoms with Crippen LogP contribution < -0.4 is 5.32 Å². The first kappa shape index (κ1) is 13.6. The lowest BCUT2D eigenvalue weighted by Gasteiger charge is -2.12. The molecule has 0 aliphatic carbocycles. The number of aryl methyl sites for hydroxylation is 1. The van der Waals surface area contributed by atoms with Crippen molar-refractivity contribution in [1.29, 1.82) is 0 Å². The van der Waals surface area contributed by atoms with Crippen LogP contribution in [0.2, 0.25) is 5.02 Å². The zero-order valence-corrected chi connectivity index (χ0v) is 11.7. The normalized spacial score (nSPS) is 12.2. The maximum Gasteiger partial charge on any atom is 0.253 e. The predicted octanol–water partition coefficient (Wildman–Crippen LogP) is 3.05. The van der Waals surface area contributed by atoms with Gasteiger partial charge in [0.25, 0.3) is 5.91 Å². The summed E-state index contributed by atoms with van der Waals surface area (Å²) in [5, 5.41) is 7.71. The number of halogens is 1. The van der Waals surface area contributed by atoms with Crippen LogP contribution in [0.3, 0.4) is 0 Å². The highest BCUT2D eigenvalue weighted by molar-refractivity contribution is 6.33. The molecule has 1 aromatic carbocycles. The number of benzene rings is 1. The van der Waals surface area contributed by atoms with Crippen molar-refractivity contribution < 1.29 is 4.79 Å². The third-order valence-electron chi connectivity index (χ3n) is 2.90. The fourth-order valence-electron chi connectivity index (χ4n) is 1.78. The summed E-state index contributed by atoms with van der Waals surface area (Å²) in [6.45, 7) is 4.73. The number of hydrogen-bond donors (Lipinski definition) is 1. The van der Waals surface area contributed by atoms with Gasteiger partial charge in [-0.3, -0.25) is 9.48 Å². The first-order chi connectivity index (χ1) is 9.11. The molecule has 2 rings (SSSR count). The lowest BCUT2D eigenvalue weighted by Crippen LogP contribution is -2.27. The molecular weight excluding hydrogens is 262 g/mol. The van der Waals surface area contributed by atoms with E-state index in [1.54, 1.807) is 24.3 Å². The summed E-state index contributed by atoms with van der Waals surface area (Å²) in [4.78, 5) is 12.1. The monoisotopic (exact) mass is 277 g/mol. The highest BCUT2D eigenvalue weighted by Crippen LogP contribution is 2.16. The van der Waals surface area contributed by atoms with Crippen molar-refractivity contribution in [1.82, 2.24) is 15.1 Å². The van der Waals surface area contributed by atoms with E-state index in [1.165, 1.54) is 0 Å². The molecule has 1 N–H and O–H groups in total. The molecule has 0 saturated carbocycles. The van der Waals surface area contributed by atoms with E-state index in [0.29, 0.717) is 10.6 Å². The summed E-state index contributed by atoms with van der Waals surface area (Å²) < 4.78 is 1.83. The molecule has 1 heterocycles. The summed E-state index contributed by atoms with van der Waals surface area (Å²) in [6, 6.07) is 8.74. The molecule has 0 bridgehead atoms. The number of hydrogen-bond acceptors (Lipinski definition) is 2. The van der Waals surface area contributed by atoms with Gasteiger partial charge in [0.15, 0.2) is 0 Å². The summed E-state index contributed by atoms with van der Waals surface area (Å²) in [6.07, 6.45) is 1.90. The number of nitrogens with zero attached hydrogens (tertiary/aromatic N) is 2. The molecule has 100 valence electrons. The molecule has 5 heteroatoms. The van der Waals surface area contributed by atoms with Gasteiger partial charge in [-0.1, -0.05) is 23.7 Å². The van der Waals surface area contributed by atoms with Crippen LogP contribution in [-0.2, 0) is 6.54 Å². The molecule has 1 atom stereocenters. The first-order valence-corrected chi connectivity index (χ1v) is 6.58. The van der Waals surface area contributed by atoms with Crippen LogP contribution in [-0.4, -0.2) is 15.7 Å². The van der Waals surface area contributed by atoms with Crippen LogP contribution in [0.15, 0.2) is 36.5 Å². The fraction of sp³-hybridized carbons (Fsp3) is 0.286. The van der Waals surface area contributed by atoms with Gasteiger partial charge < -0.3 is 5.32 Å². The van der Waals surface area contributed by atoms with E-state index in [0.717, 1.165) is 12.2 Å². The molecule has 1 unspecified atom stereocenters. The van der Waals surface area contributed by atoms with Gasteiger partial charge in [-0.15, -0.1) is 0 Å². The van der Waals surface area contributed by atoms with Crippen molar-refractivity contribution in [3.8, 4) is 0 Å². The molecule has 0 fully saturated rings. The number of rotatable bonds is 4. The molecule has 0 radical (unpaired) electrons. The minimum Gasteiger partial charge on any atom is -0.344 e. The van der Waals surface area contributed by atoms with Crippen molar-refractivity contribution in [3.63, 3.8) is 0 Å². The van der Waals surface area contributed by atoms with E-state index in [1.807, 2.05) is 30.8 Å². The largest absolute Gasteiger partial charge is 0.344 e. The maximum atomic E-state index is 12.1. The smallest absolute Gasteiger partial charge is 0.253 e. The lowest BCUT2D eigenvalue weighted by molar-refractivity contribution is 0.0939.